The highest BCUT2D eigenvalue weighted by atomic mass is 35.5. The number of piperidine rings is 1. The molecule has 0 spiro atoms. The van der Waals surface area contributed by atoms with Crippen LogP contribution in [0, 0.1) is 13.8 Å². The van der Waals surface area contributed by atoms with Crippen molar-refractivity contribution in [2.75, 3.05) is 26.2 Å². The van der Waals surface area contributed by atoms with Crippen molar-refractivity contribution >= 4 is 56.8 Å². The van der Waals surface area contributed by atoms with Crippen molar-refractivity contribution in [2.24, 2.45) is 0 Å². The Morgan fingerprint density at radius 2 is 2.00 bits per heavy atom. The zero-order valence-electron chi connectivity index (χ0n) is 21.1. The molecule has 4 rings (SSSR count). The number of amides is 3. The van der Waals surface area contributed by atoms with E-state index in [0.717, 1.165) is 18.2 Å². The molecule has 0 radical (unpaired) electrons. The Kier molecular flexibility index (Phi) is 8.91. The van der Waals surface area contributed by atoms with E-state index in [1.807, 2.05) is 0 Å². The molecule has 14 heteroatoms. The van der Waals surface area contributed by atoms with Crippen LogP contribution >= 0.6 is 22.9 Å². The van der Waals surface area contributed by atoms with Crippen LogP contribution in [0.3, 0.4) is 0 Å². The van der Waals surface area contributed by atoms with Gasteiger partial charge < -0.3 is 19.6 Å². The van der Waals surface area contributed by atoms with Gasteiger partial charge in [-0.1, -0.05) is 16.8 Å². The summed E-state index contributed by atoms with van der Waals surface area (Å²) in [6.07, 6.45) is 3.85. The molecule has 2 N–H and O–H groups in total. The minimum absolute atomic E-state index is 0.144. The van der Waals surface area contributed by atoms with Crippen molar-refractivity contribution < 1.29 is 27.3 Å². The summed E-state index contributed by atoms with van der Waals surface area (Å²) in [5, 5.41) is 7.67. The topological polar surface area (TPSA) is 142 Å². The van der Waals surface area contributed by atoms with Gasteiger partial charge in [0.25, 0.3) is 5.91 Å². The van der Waals surface area contributed by atoms with Crippen LogP contribution < -0.4 is 10.0 Å². The molecule has 11 nitrogen and oxygen atoms in total. The van der Waals surface area contributed by atoms with E-state index in [9.17, 15) is 22.8 Å². The molecule has 4 heterocycles. The Hall–Kier alpha value is -2.74. The predicted octanol–water partition coefficient (Wildman–Crippen LogP) is 2.31. The second-order valence-electron chi connectivity index (χ2n) is 9.35. The van der Waals surface area contributed by atoms with Crippen molar-refractivity contribution in [3.05, 3.63) is 43.8 Å². The summed E-state index contributed by atoms with van der Waals surface area (Å²) in [5.41, 5.74) is 0.891. The summed E-state index contributed by atoms with van der Waals surface area (Å²) in [4.78, 5) is 42.5. The Balaban J connectivity index is 1.32. The van der Waals surface area contributed by atoms with Crippen molar-refractivity contribution in [3.63, 3.8) is 0 Å². The standard InChI is InChI=1S/C24H30ClN5O6S2/c1-15-22(16(2)36-27-15)23(32)26-13-17-5-3-11-30(17)21(31)14-29-10-4-6-19(24(29)33)28-38(34,35)12-9-18-7-8-20(25)37-18/h7-9,12,17,19,28H,3-6,10-11,13-14H2,1-2H3,(H,26,32)/b12-9+/t17-,19+/m1/s1. The number of likely N-dealkylation sites (tertiary alicyclic amines) is 2. The molecule has 2 fully saturated rings. The van der Waals surface area contributed by atoms with Crippen LogP contribution in [0.2, 0.25) is 4.34 Å². The summed E-state index contributed by atoms with van der Waals surface area (Å²) in [5.74, 6) is -0.536. The number of hydrogen-bond acceptors (Lipinski definition) is 8. The first-order valence-corrected chi connectivity index (χ1v) is 15.0. The molecule has 2 aliphatic heterocycles. The van der Waals surface area contributed by atoms with Crippen LogP contribution in [0.5, 0.6) is 0 Å². The van der Waals surface area contributed by atoms with Gasteiger partial charge >= 0.3 is 0 Å². The SMILES string of the molecule is Cc1noc(C)c1C(=O)NC[C@H]1CCCN1C(=O)CN1CCC[C@H](NS(=O)(=O)/C=C/c2ccc(Cl)s2)C1=O. The molecule has 206 valence electrons. The number of aromatic nitrogens is 1. The monoisotopic (exact) mass is 583 g/mol. The van der Waals surface area contributed by atoms with Crippen LogP contribution in [-0.2, 0) is 19.6 Å². The van der Waals surface area contributed by atoms with Gasteiger partial charge in [-0.2, -0.15) is 4.72 Å². The molecular formula is C24H30ClN5O6S2. The fourth-order valence-corrected chi connectivity index (χ4v) is 6.82. The number of nitrogens with zero attached hydrogens (tertiary/aromatic N) is 3. The molecule has 2 aromatic rings. The fraction of sp³-hybridized carbons (Fsp3) is 0.500. The molecule has 2 saturated heterocycles. The molecule has 2 aliphatic rings. The van der Waals surface area contributed by atoms with Crippen LogP contribution in [0.15, 0.2) is 22.1 Å². The maximum atomic E-state index is 13.1. The third-order valence-electron chi connectivity index (χ3n) is 6.62. The highest BCUT2D eigenvalue weighted by Crippen LogP contribution is 2.23. The second kappa shape index (κ2) is 12.0. The number of hydrogen-bond donors (Lipinski definition) is 2. The van der Waals surface area contributed by atoms with Gasteiger partial charge in [-0.3, -0.25) is 14.4 Å². The Labute approximate surface area is 230 Å². The molecular weight excluding hydrogens is 554 g/mol. The van der Waals surface area contributed by atoms with E-state index in [1.165, 1.54) is 22.3 Å². The zero-order chi connectivity index (χ0) is 27.4. The van der Waals surface area contributed by atoms with Crippen molar-refractivity contribution in [1.29, 1.82) is 0 Å². The average Bonchev–Trinajstić information content (AvgIpc) is 3.59. The second-order valence-corrected chi connectivity index (χ2v) is 12.7. The lowest BCUT2D eigenvalue weighted by molar-refractivity contribution is -0.143. The van der Waals surface area contributed by atoms with E-state index in [0.29, 0.717) is 52.2 Å². The molecule has 0 aliphatic carbocycles. The van der Waals surface area contributed by atoms with E-state index in [-0.39, 0.29) is 30.9 Å². The van der Waals surface area contributed by atoms with Gasteiger partial charge in [-0.15, -0.1) is 11.3 Å². The molecule has 3 amide bonds. The van der Waals surface area contributed by atoms with Crippen molar-refractivity contribution in [2.45, 2.75) is 51.6 Å². The number of thiophene rings is 1. The summed E-state index contributed by atoms with van der Waals surface area (Å²) in [6.45, 7) is 4.38. The first-order chi connectivity index (χ1) is 18.0. The Morgan fingerprint density at radius 1 is 1.24 bits per heavy atom. The third kappa shape index (κ3) is 6.82. The molecule has 2 atom stereocenters. The maximum absolute atomic E-state index is 13.1. The van der Waals surface area contributed by atoms with Gasteiger partial charge in [0.15, 0.2) is 0 Å². The summed E-state index contributed by atoms with van der Waals surface area (Å²) < 4.78 is 33.1. The smallest absolute Gasteiger partial charge is 0.256 e. The van der Waals surface area contributed by atoms with E-state index in [4.69, 9.17) is 16.1 Å². The van der Waals surface area contributed by atoms with Gasteiger partial charge in [0.05, 0.1) is 16.6 Å². The Bertz CT molecular complexity index is 1320. The first kappa shape index (κ1) is 28.3. The molecule has 0 aromatic carbocycles. The lowest BCUT2D eigenvalue weighted by atomic mass is 10.1. The summed E-state index contributed by atoms with van der Waals surface area (Å²) in [7, 11) is -3.88. The maximum Gasteiger partial charge on any atom is 0.256 e. The number of halogens is 1. The zero-order valence-corrected chi connectivity index (χ0v) is 23.5. The summed E-state index contributed by atoms with van der Waals surface area (Å²) in [6, 6.07) is 2.23. The number of aryl methyl sites for hydroxylation is 2. The van der Waals surface area contributed by atoms with Crippen LogP contribution in [0.1, 0.15) is 52.4 Å². The lowest BCUT2D eigenvalue weighted by Gasteiger charge is -2.34. The van der Waals surface area contributed by atoms with Gasteiger partial charge in [-0.25, -0.2) is 8.42 Å². The highest BCUT2D eigenvalue weighted by molar-refractivity contribution is 7.92. The third-order valence-corrected chi connectivity index (χ3v) is 8.93. The first-order valence-electron chi connectivity index (χ1n) is 12.3. The fourth-order valence-electron chi connectivity index (χ4n) is 4.76. The van der Waals surface area contributed by atoms with E-state index < -0.39 is 22.0 Å². The predicted molar refractivity (Wildman–Crippen MR) is 143 cm³/mol. The number of carbonyl (C=O) groups excluding carboxylic acids is 3. The van der Waals surface area contributed by atoms with Gasteiger partial charge in [0, 0.05) is 36.0 Å². The van der Waals surface area contributed by atoms with Gasteiger partial charge in [0.2, 0.25) is 21.8 Å². The molecule has 0 bridgehead atoms. The number of rotatable bonds is 9. The number of sulfonamides is 1. The van der Waals surface area contributed by atoms with Crippen LogP contribution in [0.25, 0.3) is 6.08 Å². The quantitative estimate of drug-likeness (QED) is 0.461. The van der Waals surface area contributed by atoms with E-state index >= 15 is 0 Å². The number of nitrogens with one attached hydrogen (secondary N) is 2. The van der Waals surface area contributed by atoms with Crippen molar-refractivity contribution in [3.8, 4) is 0 Å². The molecule has 0 unspecified atom stereocenters. The minimum atomic E-state index is -3.88. The van der Waals surface area contributed by atoms with Gasteiger partial charge in [-0.05, 0) is 57.7 Å². The van der Waals surface area contributed by atoms with E-state index in [1.54, 1.807) is 30.9 Å². The molecule has 38 heavy (non-hydrogen) atoms. The summed E-state index contributed by atoms with van der Waals surface area (Å²) >= 11 is 7.12. The molecule has 0 saturated carbocycles. The van der Waals surface area contributed by atoms with Crippen LogP contribution in [0.4, 0.5) is 0 Å². The van der Waals surface area contributed by atoms with E-state index in [2.05, 4.69) is 15.2 Å². The average molecular weight is 584 g/mol. The lowest BCUT2D eigenvalue weighted by Crippen LogP contribution is -2.55. The largest absolute Gasteiger partial charge is 0.361 e. The molecule has 2 aromatic heterocycles. The van der Waals surface area contributed by atoms with Crippen molar-refractivity contribution in [1.82, 2.24) is 25.0 Å². The Morgan fingerprint density at radius 3 is 2.68 bits per heavy atom. The van der Waals surface area contributed by atoms with Gasteiger partial charge in [0.1, 0.15) is 17.4 Å². The number of carbonyl (C=O) groups is 3. The highest BCUT2D eigenvalue weighted by Gasteiger charge is 2.35. The minimum Gasteiger partial charge on any atom is -0.361 e. The normalized spacial score (nSPS) is 20.4. The van der Waals surface area contributed by atoms with Crippen LogP contribution in [-0.4, -0.2) is 79.4 Å².